The highest BCUT2D eigenvalue weighted by molar-refractivity contribution is 4.94. The average Bonchev–Trinajstić information content (AvgIpc) is 2.54. The van der Waals surface area contributed by atoms with Crippen LogP contribution in [-0.2, 0) is 9.47 Å². The first-order valence-electron chi connectivity index (χ1n) is 7.46. The van der Waals surface area contributed by atoms with Crippen molar-refractivity contribution < 1.29 is 50.3 Å². The second-order valence-corrected chi connectivity index (χ2v) is 5.98. The van der Waals surface area contributed by atoms with Gasteiger partial charge in [-0.15, -0.1) is 0 Å². The first kappa shape index (κ1) is 18.9. The van der Waals surface area contributed by atoms with E-state index in [0.717, 1.165) is 0 Å². The molecular formula is C13H24O10. The molecule has 8 N–H and O–H groups in total. The monoisotopic (exact) mass is 340 g/mol. The number of hydrogen-bond acceptors (Lipinski definition) is 10. The van der Waals surface area contributed by atoms with E-state index in [9.17, 15) is 35.7 Å². The predicted octanol–water partition coefficient (Wildman–Crippen LogP) is -4.59. The summed E-state index contributed by atoms with van der Waals surface area (Å²) in [4.78, 5) is 0. The molecule has 0 spiro atoms. The van der Waals surface area contributed by atoms with Crippen molar-refractivity contribution in [3.05, 3.63) is 0 Å². The van der Waals surface area contributed by atoms with Crippen LogP contribution in [0.5, 0.6) is 0 Å². The van der Waals surface area contributed by atoms with Gasteiger partial charge < -0.3 is 50.3 Å². The van der Waals surface area contributed by atoms with E-state index in [0.29, 0.717) is 0 Å². The summed E-state index contributed by atoms with van der Waals surface area (Å²) < 4.78 is 10.3. The van der Waals surface area contributed by atoms with Crippen LogP contribution in [0.25, 0.3) is 0 Å². The Morgan fingerprint density at radius 3 is 1.48 bits per heavy atom. The van der Waals surface area contributed by atoms with Crippen LogP contribution < -0.4 is 0 Å². The fraction of sp³-hybridized carbons (Fsp3) is 1.00. The SMILES string of the molecule is OC[C@H]1O[C@@H](CC[C@H]2OC(O)[C@H](O)[C@@H](O)[C@H]2O)[C@@H](O)[C@@H](O)[C@@H]1O. The molecule has 23 heavy (non-hydrogen) atoms. The third-order valence-electron chi connectivity index (χ3n) is 4.41. The zero-order chi connectivity index (χ0) is 17.3. The van der Waals surface area contributed by atoms with Crippen molar-refractivity contribution in [3.8, 4) is 0 Å². The van der Waals surface area contributed by atoms with Crippen molar-refractivity contribution in [2.75, 3.05) is 6.61 Å². The Balaban J connectivity index is 1.94. The maximum atomic E-state index is 9.90. The number of aliphatic hydroxyl groups is 8. The molecule has 2 aliphatic rings. The van der Waals surface area contributed by atoms with Crippen LogP contribution in [-0.4, -0.2) is 109 Å². The van der Waals surface area contributed by atoms with Crippen LogP contribution in [0.1, 0.15) is 12.8 Å². The van der Waals surface area contributed by atoms with Gasteiger partial charge in [-0.25, -0.2) is 0 Å². The van der Waals surface area contributed by atoms with E-state index >= 15 is 0 Å². The third-order valence-corrected chi connectivity index (χ3v) is 4.41. The van der Waals surface area contributed by atoms with Crippen LogP contribution in [0.4, 0.5) is 0 Å². The Hall–Kier alpha value is -0.400. The second kappa shape index (κ2) is 7.66. The van der Waals surface area contributed by atoms with Gasteiger partial charge in [0.05, 0.1) is 18.8 Å². The predicted molar refractivity (Wildman–Crippen MR) is 71.9 cm³/mol. The summed E-state index contributed by atoms with van der Waals surface area (Å²) in [5.41, 5.74) is 0. The van der Waals surface area contributed by atoms with Gasteiger partial charge in [-0.3, -0.25) is 0 Å². The number of rotatable bonds is 4. The highest BCUT2D eigenvalue weighted by atomic mass is 16.6. The smallest absolute Gasteiger partial charge is 0.183 e. The Bertz CT molecular complexity index is 380. The summed E-state index contributed by atoms with van der Waals surface area (Å²) in [5, 5.41) is 76.7. The fourth-order valence-electron chi connectivity index (χ4n) is 2.92. The summed E-state index contributed by atoms with van der Waals surface area (Å²) >= 11 is 0. The molecule has 0 aromatic heterocycles. The van der Waals surface area contributed by atoms with Gasteiger partial charge >= 0.3 is 0 Å². The first-order valence-corrected chi connectivity index (χ1v) is 7.46. The zero-order valence-corrected chi connectivity index (χ0v) is 12.3. The van der Waals surface area contributed by atoms with E-state index in [1.165, 1.54) is 0 Å². The maximum absolute atomic E-state index is 9.90. The minimum Gasteiger partial charge on any atom is -0.394 e. The van der Waals surface area contributed by atoms with Crippen molar-refractivity contribution in [1.82, 2.24) is 0 Å². The van der Waals surface area contributed by atoms with E-state index in [2.05, 4.69) is 0 Å². The van der Waals surface area contributed by atoms with Gasteiger partial charge in [0, 0.05) is 0 Å². The Morgan fingerprint density at radius 1 is 0.522 bits per heavy atom. The number of hydrogen-bond donors (Lipinski definition) is 8. The first-order chi connectivity index (χ1) is 10.8. The molecule has 0 bridgehead atoms. The van der Waals surface area contributed by atoms with Crippen molar-refractivity contribution in [2.24, 2.45) is 0 Å². The number of ether oxygens (including phenoxy) is 2. The molecule has 0 amide bonds. The van der Waals surface area contributed by atoms with E-state index in [1.54, 1.807) is 0 Å². The van der Waals surface area contributed by atoms with Gasteiger partial charge in [0.25, 0.3) is 0 Å². The van der Waals surface area contributed by atoms with E-state index in [1.807, 2.05) is 0 Å². The summed E-state index contributed by atoms with van der Waals surface area (Å²) in [6, 6.07) is 0. The van der Waals surface area contributed by atoms with E-state index in [4.69, 9.17) is 14.6 Å². The van der Waals surface area contributed by atoms with Gasteiger partial charge in [-0.05, 0) is 12.8 Å². The molecule has 2 rings (SSSR count). The molecule has 2 saturated heterocycles. The standard InChI is InChI=1S/C13H24O10/c14-3-6-9(17)10(18)7(15)4(22-6)1-2-5-8(16)11(19)12(20)13(21)23-5/h4-21H,1-3H2/t4-,5+,6+,7+,8-,9+,10+,11-,12+,13?/m0/s1. The largest absolute Gasteiger partial charge is 0.394 e. The minimum absolute atomic E-state index is 0.0324. The lowest BCUT2D eigenvalue weighted by molar-refractivity contribution is -0.285. The highest BCUT2D eigenvalue weighted by Gasteiger charge is 2.46. The Kier molecular flexibility index (Phi) is 6.30. The van der Waals surface area contributed by atoms with Crippen molar-refractivity contribution >= 4 is 0 Å². The molecule has 2 heterocycles. The van der Waals surface area contributed by atoms with Crippen molar-refractivity contribution in [1.29, 1.82) is 0 Å². The lowest BCUT2D eigenvalue weighted by atomic mass is 9.90. The van der Waals surface area contributed by atoms with Crippen molar-refractivity contribution in [3.63, 3.8) is 0 Å². The molecule has 10 heteroatoms. The molecule has 136 valence electrons. The van der Waals surface area contributed by atoms with Gasteiger partial charge in [0.1, 0.15) is 42.7 Å². The van der Waals surface area contributed by atoms with Crippen molar-refractivity contribution in [2.45, 2.75) is 74.1 Å². The summed E-state index contributed by atoms with van der Waals surface area (Å²) in [5.74, 6) is 0. The van der Waals surface area contributed by atoms with Gasteiger partial charge in [-0.2, -0.15) is 0 Å². The third kappa shape index (κ3) is 3.82. The summed E-state index contributed by atoms with van der Waals surface area (Å²) in [6.45, 7) is -0.548. The minimum atomic E-state index is -1.66. The van der Waals surface area contributed by atoms with Crippen LogP contribution in [0.3, 0.4) is 0 Å². The Morgan fingerprint density at radius 2 is 0.957 bits per heavy atom. The molecule has 10 nitrogen and oxygen atoms in total. The Labute approximate surface area is 132 Å². The molecule has 0 radical (unpaired) electrons. The topological polar surface area (TPSA) is 180 Å². The van der Waals surface area contributed by atoms with Crippen LogP contribution in [0.2, 0.25) is 0 Å². The molecule has 0 aromatic carbocycles. The average molecular weight is 340 g/mol. The molecule has 0 aromatic rings. The van der Waals surface area contributed by atoms with Crippen LogP contribution >= 0.6 is 0 Å². The molecule has 0 aliphatic carbocycles. The van der Waals surface area contributed by atoms with Crippen LogP contribution in [0.15, 0.2) is 0 Å². The second-order valence-electron chi connectivity index (χ2n) is 5.98. The van der Waals surface area contributed by atoms with Gasteiger partial charge in [0.2, 0.25) is 0 Å². The van der Waals surface area contributed by atoms with E-state index < -0.39 is 67.8 Å². The highest BCUT2D eigenvalue weighted by Crippen LogP contribution is 2.28. The summed E-state index contributed by atoms with van der Waals surface area (Å²) in [6.07, 6.45) is -13.6. The zero-order valence-electron chi connectivity index (χ0n) is 12.3. The quantitative estimate of drug-likeness (QED) is 0.248. The normalized spacial score (nSPS) is 51.7. The summed E-state index contributed by atoms with van der Waals surface area (Å²) in [7, 11) is 0. The maximum Gasteiger partial charge on any atom is 0.183 e. The molecule has 10 atom stereocenters. The fourth-order valence-corrected chi connectivity index (χ4v) is 2.92. The molecule has 2 aliphatic heterocycles. The molecule has 2 fully saturated rings. The van der Waals surface area contributed by atoms with Gasteiger partial charge in [-0.1, -0.05) is 0 Å². The molecular weight excluding hydrogens is 316 g/mol. The molecule has 0 saturated carbocycles. The molecule has 1 unspecified atom stereocenters. The lowest BCUT2D eigenvalue weighted by Gasteiger charge is -2.42. The van der Waals surface area contributed by atoms with Crippen LogP contribution in [0, 0.1) is 0 Å². The van der Waals surface area contributed by atoms with E-state index in [-0.39, 0.29) is 12.8 Å². The van der Waals surface area contributed by atoms with Gasteiger partial charge in [0.15, 0.2) is 6.29 Å². The number of aliphatic hydroxyl groups excluding tert-OH is 8. The lowest BCUT2D eigenvalue weighted by Crippen LogP contribution is -2.59.